The number of halogens is 1. The lowest BCUT2D eigenvalue weighted by Crippen LogP contribution is -2.25. The molecule has 1 aliphatic rings. The van der Waals surface area contributed by atoms with E-state index in [1.807, 2.05) is 12.1 Å². The van der Waals surface area contributed by atoms with Gasteiger partial charge in [0.25, 0.3) is 0 Å². The summed E-state index contributed by atoms with van der Waals surface area (Å²) >= 11 is 5.92. The first kappa shape index (κ1) is 10.7. The van der Waals surface area contributed by atoms with E-state index in [0.717, 1.165) is 12.5 Å². The van der Waals surface area contributed by atoms with E-state index in [0.29, 0.717) is 17.1 Å². The molecule has 0 aliphatic heterocycles. The van der Waals surface area contributed by atoms with Gasteiger partial charge in [0.1, 0.15) is 0 Å². The summed E-state index contributed by atoms with van der Waals surface area (Å²) in [6.45, 7) is 1.34. The minimum atomic E-state index is 0.0706. The van der Waals surface area contributed by atoms with E-state index < -0.39 is 0 Å². The van der Waals surface area contributed by atoms with Crippen LogP contribution in [0.25, 0.3) is 0 Å². The number of hydrogen-bond donors (Lipinski definition) is 1. The molecular formula is C12H14ClNO. The number of hydrogen-bond acceptors (Lipinski definition) is 2. The van der Waals surface area contributed by atoms with Crippen molar-refractivity contribution >= 4 is 17.4 Å². The van der Waals surface area contributed by atoms with Gasteiger partial charge in [0.2, 0.25) is 0 Å². The first-order valence-electron chi connectivity index (χ1n) is 5.26. The van der Waals surface area contributed by atoms with Crippen molar-refractivity contribution in [3.63, 3.8) is 0 Å². The fourth-order valence-electron chi connectivity index (χ4n) is 1.49. The predicted octanol–water partition coefficient (Wildman–Crippen LogP) is 2.52. The number of ketones is 1. The van der Waals surface area contributed by atoms with Crippen LogP contribution in [-0.2, 0) is 0 Å². The number of benzene rings is 1. The quantitative estimate of drug-likeness (QED) is 0.778. The Labute approximate surface area is 94.6 Å². The van der Waals surface area contributed by atoms with Gasteiger partial charge < -0.3 is 5.32 Å². The van der Waals surface area contributed by atoms with Crippen molar-refractivity contribution in [3.05, 3.63) is 34.9 Å². The van der Waals surface area contributed by atoms with Crippen LogP contribution in [0.1, 0.15) is 23.2 Å². The lowest BCUT2D eigenvalue weighted by Gasteiger charge is -2.04. The molecule has 3 heteroatoms. The third kappa shape index (κ3) is 3.05. The van der Waals surface area contributed by atoms with Crippen LogP contribution in [0.5, 0.6) is 0 Å². The molecule has 1 fully saturated rings. The van der Waals surface area contributed by atoms with E-state index in [2.05, 4.69) is 5.32 Å². The Morgan fingerprint density at radius 3 is 2.80 bits per heavy atom. The monoisotopic (exact) mass is 223 g/mol. The van der Waals surface area contributed by atoms with Gasteiger partial charge in [0, 0.05) is 5.56 Å². The van der Waals surface area contributed by atoms with E-state index in [1.165, 1.54) is 12.8 Å². The van der Waals surface area contributed by atoms with E-state index >= 15 is 0 Å². The fourth-order valence-corrected chi connectivity index (χ4v) is 1.74. The lowest BCUT2D eigenvalue weighted by molar-refractivity contribution is 0.0991. The molecule has 1 aromatic rings. The first-order valence-corrected chi connectivity index (χ1v) is 5.63. The van der Waals surface area contributed by atoms with Crippen LogP contribution >= 0.6 is 11.6 Å². The van der Waals surface area contributed by atoms with E-state index in [9.17, 15) is 4.79 Å². The molecule has 0 atom stereocenters. The van der Waals surface area contributed by atoms with Crippen LogP contribution in [0.4, 0.5) is 0 Å². The molecule has 1 N–H and O–H groups in total. The van der Waals surface area contributed by atoms with Crippen LogP contribution in [0.2, 0.25) is 5.02 Å². The number of Topliss-reactive ketones (excluding diaryl/α,β-unsaturated/α-hetero) is 1. The van der Waals surface area contributed by atoms with Gasteiger partial charge in [-0.3, -0.25) is 4.79 Å². The number of carbonyl (C=O) groups is 1. The highest BCUT2D eigenvalue weighted by Crippen LogP contribution is 2.27. The molecule has 0 aromatic heterocycles. The second-order valence-corrected chi connectivity index (χ2v) is 4.38. The van der Waals surface area contributed by atoms with Crippen LogP contribution < -0.4 is 5.32 Å². The average molecular weight is 224 g/mol. The van der Waals surface area contributed by atoms with Crippen molar-refractivity contribution in [2.75, 3.05) is 13.1 Å². The highest BCUT2D eigenvalue weighted by molar-refractivity contribution is 6.34. The maximum Gasteiger partial charge on any atom is 0.178 e. The lowest BCUT2D eigenvalue weighted by atomic mass is 10.1. The number of rotatable bonds is 5. The molecule has 1 aromatic carbocycles. The third-order valence-electron chi connectivity index (χ3n) is 2.59. The largest absolute Gasteiger partial charge is 0.309 e. The molecule has 0 amide bonds. The van der Waals surface area contributed by atoms with Crippen molar-refractivity contribution in [1.29, 1.82) is 0 Å². The summed E-state index contributed by atoms with van der Waals surface area (Å²) in [6, 6.07) is 7.18. The van der Waals surface area contributed by atoms with E-state index in [1.54, 1.807) is 12.1 Å². The average Bonchev–Trinajstić information content (AvgIpc) is 3.02. The Hall–Kier alpha value is -0.860. The second kappa shape index (κ2) is 4.77. The molecule has 15 heavy (non-hydrogen) atoms. The van der Waals surface area contributed by atoms with Gasteiger partial charge in [0.15, 0.2) is 5.78 Å². The Kier molecular flexibility index (Phi) is 3.39. The standard InChI is InChI=1S/C12H14ClNO/c13-11-4-2-1-3-10(11)12(15)8-14-7-9-5-6-9/h1-4,9,14H,5-8H2. The zero-order valence-electron chi connectivity index (χ0n) is 8.50. The summed E-state index contributed by atoms with van der Waals surface area (Å²) in [7, 11) is 0. The maximum absolute atomic E-state index is 11.7. The zero-order chi connectivity index (χ0) is 10.7. The molecule has 0 radical (unpaired) electrons. The predicted molar refractivity (Wildman–Crippen MR) is 61.4 cm³/mol. The van der Waals surface area contributed by atoms with Crippen LogP contribution in [0.15, 0.2) is 24.3 Å². The van der Waals surface area contributed by atoms with Crippen molar-refractivity contribution in [2.24, 2.45) is 5.92 Å². The second-order valence-electron chi connectivity index (χ2n) is 3.98. The minimum absolute atomic E-state index is 0.0706. The Balaban J connectivity index is 1.86. The summed E-state index contributed by atoms with van der Waals surface area (Å²) < 4.78 is 0. The third-order valence-corrected chi connectivity index (χ3v) is 2.92. The number of carbonyl (C=O) groups excluding carboxylic acids is 1. The molecule has 0 bridgehead atoms. The molecule has 0 heterocycles. The van der Waals surface area contributed by atoms with Crippen LogP contribution in [0, 0.1) is 5.92 Å². The first-order chi connectivity index (χ1) is 7.27. The molecule has 2 nitrogen and oxygen atoms in total. The Bertz CT molecular complexity index is 360. The van der Waals surface area contributed by atoms with Crippen molar-refractivity contribution in [3.8, 4) is 0 Å². The minimum Gasteiger partial charge on any atom is -0.309 e. The summed E-state index contributed by atoms with van der Waals surface area (Å²) in [4.78, 5) is 11.7. The molecule has 0 spiro atoms. The maximum atomic E-state index is 11.7. The van der Waals surface area contributed by atoms with Gasteiger partial charge in [-0.05, 0) is 37.4 Å². The van der Waals surface area contributed by atoms with Gasteiger partial charge in [0.05, 0.1) is 11.6 Å². The number of nitrogens with one attached hydrogen (secondary N) is 1. The van der Waals surface area contributed by atoms with Crippen molar-refractivity contribution < 1.29 is 4.79 Å². The van der Waals surface area contributed by atoms with Gasteiger partial charge in [-0.15, -0.1) is 0 Å². The molecular weight excluding hydrogens is 210 g/mol. The molecule has 0 saturated heterocycles. The van der Waals surface area contributed by atoms with Crippen molar-refractivity contribution in [2.45, 2.75) is 12.8 Å². The van der Waals surface area contributed by atoms with E-state index in [4.69, 9.17) is 11.6 Å². The molecule has 80 valence electrons. The molecule has 1 aliphatic carbocycles. The van der Waals surface area contributed by atoms with E-state index in [-0.39, 0.29) is 5.78 Å². The molecule has 2 rings (SSSR count). The van der Waals surface area contributed by atoms with Crippen molar-refractivity contribution in [1.82, 2.24) is 5.32 Å². The Morgan fingerprint density at radius 1 is 1.40 bits per heavy atom. The summed E-state index contributed by atoms with van der Waals surface area (Å²) in [5.41, 5.74) is 0.613. The topological polar surface area (TPSA) is 29.1 Å². The van der Waals surface area contributed by atoms with Gasteiger partial charge in [-0.2, -0.15) is 0 Å². The summed E-state index contributed by atoms with van der Waals surface area (Å²) in [5, 5.41) is 3.70. The van der Waals surface area contributed by atoms with Crippen LogP contribution in [-0.4, -0.2) is 18.9 Å². The highest BCUT2D eigenvalue weighted by Gasteiger charge is 2.20. The molecule has 1 saturated carbocycles. The zero-order valence-corrected chi connectivity index (χ0v) is 9.26. The smallest absolute Gasteiger partial charge is 0.178 e. The SMILES string of the molecule is O=C(CNCC1CC1)c1ccccc1Cl. The summed E-state index contributed by atoms with van der Waals surface area (Å²) in [5.74, 6) is 0.866. The fraction of sp³-hybridized carbons (Fsp3) is 0.417. The normalized spacial score (nSPS) is 15.3. The van der Waals surface area contributed by atoms with Crippen LogP contribution in [0.3, 0.4) is 0 Å². The van der Waals surface area contributed by atoms with Gasteiger partial charge in [-0.25, -0.2) is 0 Å². The highest BCUT2D eigenvalue weighted by atomic mass is 35.5. The molecule has 0 unspecified atom stereocenters. The van der Waals surface area contributed by atoms with Gasteiger partial charge in [-0.1, -0.05) is 23.7 Å². The van der Waals surface area contributed by atoms with Gasteiger partial charge >= 0.3 is 0 Å². The summed E-state index contributed by atoms with van der Waals surface area (Å²) in [6.07, 6.45) is 2.60. The Morgan fingerprint density at radius 2 is 2.13 bits per heavy atom.